The number of hydrogen-bond acceptors (Lipinski definition) is 5. The van der Waals surface area contributed by atoms with E-state index in [1.54, 1.807) is 18.1 Å². The molecule has 2 heterocycles. The number of amides is 2. The van der Waals surface area contributed by atoms with Gasteiger partial charge in [0, 0.05) is 23.2 Å². The second-order valence-corrected chi connectivity index (χ2v) is 11.1. The number of carbonyl (C=O) groups is 2. The number of ether oxygens (including phenoxy) is 2. The van der Waals surface area contributed by atoms with Gasteiger partial charge in [-0.15, -0.1) is 0 Å². The summed E-state index contributed by atoms with van der Waals surface area (Å²) in [6.07, 6.45) is 0.148. The maximum atomic E-state index is 13.8. The molecule has 0 radical (unpaired) electrons. The molecule has 39 heavy (non-hydrogen) atoms. The zero-order valence-electron chi connectivity index (χ0n) is 23.0. The standard InChI is InChI=1S/C31H34N4O4/c1-20-26-17-22(12-13-27(26)34-33-20)21-8-6-9-23(16-21)28(36)32-31(24-10-7-11-25(18-24)38-5)14-15-35(19-31)29(37)39-30(2,3)4/h6-13,16-18H,14-15,19H2,1-5H3,(H,32,36)(H,33,34). The molecular formula is C31H34N4O4. The summed E-state index contributed by atoms with van der Waals surface area (Å²) in [5.41, 5.74) is 3.83. The average Bonchev–Trinajstić information content (AvgIpc) is 3.52. The number of aryl methyl sites for hydroxylation is 1. The molecular weight excluding hydrogens is 492 g/mol. The molecule has 4 aromatic rings. The number of aromatic amines is 1. The highest BCUT2D eigenvalue weighted by Crippen LogP contribution is 2.35. The number of nitrogens with zero attached hydrogens (tertiary/aromatic N) is 2. The Hall–Kier alpha value is -4.33. The van der Waals surface area contributed by atoms with Crippen molar-refractivity contribution >= 4 is 22.9 Å². The molecule has 8 nitrogen and oxygen atoms in total. The molecule has 8 heteroatoms. The van der Waals surface area contributed by atoms with Gasteiger partial charge in [0.2, 0.25) is 0 Å². The van der Waals surface area contributed by atoms with Crippen molar-refractivity contribution in [2.24, 2.45) is 0 Å². The smallest absolute Gasteiger partial charge is 0.410 e. The molecule has 2 N–H and O–H groups in total. The molecule has 0 saturated carbocycles. The van der Waals surface area contributed by atoms with Crippen molar-refractivity contribution in [3.63, 3.8) is 0 Å². The highest BCUT2D eigenvalue weighted by molar-refractivity contribution is 5.96. The third-order valence-corrected chi connectivity index (χ3v) is 7.10. The zero-order chi connectivity index (χ0) is 27.8. The Balaban J connectivity index is 1.45. The minimum absolute atomic E-state index is 0.216. The summed E-state index contributed by atoms with van der Waals surface area (Å²) in [7, 11) is 1.61. The number of aromatic nitrogens is 2. The largest absolute Gasteiger partial charge is 0.497 e. The Labute approximate surface area is 228 Å². The van der Waals surface area contributed by atoms with E-state index in [4.69, 9.17) is 9.47 Å². The topological polar surface area (TPSA) is 96.5 Å². The molecule has 1 atom stereocenters. The summed E-state index contributed by atoms with van der Waals surface area (Å²) in [6, 6.07) is 21.3. The predicted molar refractivity (Wildman–Crippen MR) is 151 cm³/mol. The van der Waals surface area contributed by atoms with E-state index in [9.17, 15) is 9.59 Å². The van der Waals surface area contributed by atoms with Crippen LogP contribution in [-0.4, -0.2) is 52.9 Å². The lowest BCUT2D eigenvalue weighted by Crippen LogP contribution is -2.49. The maximum Gasteiger partial charge on any atom is 0.410 e. The van der Waals surface area contributed by atoms with Crippen LogP contribution in [0.5, 0.6) is 5.75 Å². The maximum absolute atomic E-state index is 13.8. The number of hydrogen-bond donors (Lipinski definition) is 2. The fraction of sp³-hybridized carbons (Fsp3) is 0.323. The molecule has 1 aliphatic heterocycles. The quantitative estimate of drug-likeness (QED) is 0.342. The van der Waals surface area contributed by atoms with Crippen LogP contribution in [0.3, 0.4) is 0 Å². The summed E-state index contributed by atoms with van der Waals surface area (Å²) in [6.45, 7) is 8.26. The molecule has 3 aromatic carbocycles. The van der Waals surface area contributed by atoms with E-state index in [0.717, 1.165) is 33.3 Å². The molecule has 1 saturated heterocycles. The summed E-state index contributed by atoms with van der Waals surface area (Å²) in [5.74, 6) is 0.468. The summed E-state index contributed by atoms with van der Waals surface area (Å²) in [5, 5.41) is 11.7. The third kappa shape index (κ3) is 5.46. The lowest BCUT2D eigenvalue weighted by Gasteiger charge is -2.32. The monoisotopic (exact) mass is 526 g/mol. The molecule has 1 aliphatic rings. The number of H-pyrrole nitrogens is 1. The molecule has 1 fully saturated rings. The molecule has 0 aliphatic carbocycles. The molecule has 202 valence electrons. The number of nitrogens with one attached hydrogen (secondary N) is 2. The third-order valence-electron chi connectivity index (χ3n) is 7.10. The number of fused-ring (bicyclic) bond motifs is 1. The van der Waals surface area contributed by atoms with E-state index in [1.807, 2.05) is 82.3 Å². The number of carbonyl (C=O) groups excluding carboxylic acids is 2. The second-order valence-electron chi connectivity index (χ2n) is 11.1. The van der Waals surface area contributed by atoms with Gasteiger partial charge in [-0.25, -0.2) is 4.79 Å². The number of likely N-dealkylation sites (tertiary alicyclic amines) is 1. The predicted octanol–water partition coefficient (Wildman–Crippen LogP) is 5.81. The van der Waals surface area contributed by atoms with Gasteiger partial charge in [-0.2, -0.15) is 5.10 Å². The van der Waals surface area contributed by atoms with Crippen LogP contribution in [0.25, 0.3) is 22.0 Å². The van der Waals surface area contributed by atoms with Crippen molar-refractivity contribution in [2.45, 2.75) is 45.3 Å². The summed E-state index contributed by atoms with van der Waals surface area (Å²) < 4.78 is 11.1. The van der Waals surface area contributed by atoms with E-state index in [1.165, 1.54) is 0 Å². The molecule has 1 aromatic heterocycles. The van der Waals surface area contributed by atoms with Crippen LogP contribution < -0.4 is 10.1 Å². The van der Waals surface area contributed by atoms with Crippen LogP contribution in [-0.2, 0) is 10.3 Å². The van der Waals surface area contributed by atoms with Gasteiger partial charge in [0.05, 0.1) is 24.7 Å². The van der Waals surface area contributed by atoms with E-state index >= 15 is 0 Å². The van der Waals surface area contributed by atoms with Crippen LogP contribution in [0.1, 0.15) is 48.8 Å². The van der Waals surface area contributed by atoms with Gasteiger partial charge in [-0.1, -0.05) is 30.3 Å². The minimum Gasteiger partial charge on any atom is -0.497 e. The normalized spacial score (nSPS) is 17.3. The van der Waals surface area contributed by atoms with Crippen LogP contribution in [0.15, 0.2) is 66.7 Å². The first kappa shape index (κ1) is 26.3. The van der Waals surface area contributed by atoms with Gasteiger partial charge < -0.3 is 19.7 Å². The fourth-order valence-electron chi connectivity index (χ4n) is 5.07. The number of benzene rings is 3. The van der Waals surface area contributed by atoms with Crippen LogP contribution in [0, 0.1) is 6.92 Å². The Morgan fingerprint density at radius 1 is 1.03 bits per heavy atom. The Morgan fingerprint density at radius 3 is 2.56 bits per heavy atom. The fourth-order valence-corrected chi connectivity index (χ4v) is 5.07. The summed E-state index contributed by atoms with van der Waals surface area (Å²) >= 11 is 0. The minimum atomic E-state index is -0.800. The van der Waals surface area contributed by atoms with Crippen molar-refractivity contribution in [3.05, 3.63) is 83.6 Å². The van der Waals surface area contributed by atoms with Gasteiger partial charge in [0.15, 0.2) is 0 Å². The molecule has 0 bridgehead atoms. The highest BCUT2D eigenvalue weighted by Gasteiger charge is 2.44. The van der Waals surface area contributed by atoms with E-state index in [-0.39, 0.29) is 12.5 Å². The van der Waals surface area contributed by atoms with E-state index < -0.39 is 17.2 Å². The van der Waals surface area contributed by atoms with Crippen molar-refractivity contribution in [1.82, 2.24) is 20.4 Å². The molecule has 1 unspecified atom stereocenters. The Kier molecular flexibility index (Phi) is 6.80. The lowest BCUT2D eigenvalue weighted by atomic mass is 9.88. The SMILES string of the molecule is COc1cccc(C2(NC(=O)c3cccc(-c4ccc5n[nH]c(C)c5c4)c3)CCN(C(=O)OC(C)(C)C)C2)c1. The van der Waals surface area contributed by atoms with Crippen molar-refractivity contribution < 1.29 is 19.1 Å². The first-order valence-electron chi connectivity index (χ1n) is 13.1. The van der Waals surface area contributed by atoms with Crippen LogP contribution in [0.4, 0.5) is 4.79 Å². The molecule has 0 spiro atoms. The van der Waals surface area contributed by atoms with E-state index in [2.05, 4.69) is 21.6 Å². The molecule has 5 rings (SSSR count). The van der Waals surface area contributed by atoms with Gasteiger partial charge in [-0.3, -0.25) is 9.89 Å². The van der Waals surface area contributed by atoms with Crippen LogP contribution >= 0.6 is 0 Å². The van der Waals surface area contributed by atoms with Crippen molar-refractivity contribution in [2.75, 3.05) is 20.2 Å². The Bertz CT molecular complexity index is 1540. The Morgan fingerprint density at radius 2 is 1.79 bits per heavy atom. The van der Waals surface area contributed by atoms with Crippen molar-refractivity contribution in [1.29, 1.82) is 0 Å². The number of rotatable bonds is 5. The second kappa shape index (κ2) is 10.1. The van der Waals surface area contributed by atoms with E-state index in [0.29, 0.717) is 24.3 Å². The van der Waals surface area contributed by atoms with Gasteiger partial charge in [-0.05, 0) is 87.2 Å². The van der Waals surface area contributed by atoms with Gasteiger partial charge >= 0.3 is 6.09 Å². The lowest BCUT2D eigenvalue weighted by molar-refractivity contribution is 0.0278. The zero-order valence-corrected chi connectivity index (χ0v) is 23.0. The average molecular weight is 527 g/mol. The van der Waals surface area contributed by atoms with Gasteiger partial charge in [0.25, 0.3) is 5.91 Å². The first-order chi connectivity index (χ1) is 18.6. The van der Waals surface area contributed by atoms with Crippen LogP contribution in [0.2, 0.25) is 0 Å². The number of methoxy groups -OCH3 is 1. The highest BCUT2D eigenvalue weighted by atomic mass is 16.6. The molecule has 2 amide bonds. The first-order valence-corrected chi connectivity index (χ1v) is 13.1. The van der Waals surface area contributed by atoms with Gasteiger partial charge in [0.1, 0.15) is 11.4 Å². The summed E-state index contributed by atoms with van der Waals surface area (Å²) in [4.78, 5) is 28.3. The van der Waals surface area contributed by atoms with Crippen molar-refractivity contribution in [3.8, 4) is 16.9 Å².